The van der Waals surface area contributed by atoms with Crippen LogP contribution in [0.15, 0.2) is 24.3 Å². The van der Waals surface area contributed by atoms with E-state index in [-0.39, 0.29) is 0 Å². The molecule has 0 saturated carbocycles. The van der Waals surface area contributed by atoms with Crippen LogP contribution in [0.25, 0.3) is 0 Å². The average molecular weight is 271 g/mol. The molecule has 0 atom stereocenters. The molecule has 1 N–H and O–H groups in total. The number of nitriles is 1. The number of rotatable bonds is 5. The number of hydrogen-bond donors (Lipinski definition) is 1. The van der Waals surface area contributed by atoms with Crippen molar-refractivity contribution in [3.63, 3.8) is 0 Å². The summed E-state index contributed by atoms with van der Waals surface area (Å²) >= 11 is 0. The molecular weight excluding hydrogens is 246 g/mol. The molecule has 1 heterocycles. The second kappa shape index (κ2) is 7.42. The maximum atomic E-state index is 9.14. The van der Waals surface area contributed by atoms with Crippen LogP contribution in [0.2, 0.25) is 0 Å². The SMILES string of the molecule is CC(C)NCC1CCN(Cc2ccccc2C#N)CC1. The summed E-state index contributed by atoms with van der Waals surface area (Å²) in [6.45, 7) is 8.74. The Hall–Kier alpha value is -1.37. The van der Waals surface area contributed by atoms with Gasteiger partial charge >= 0.3 is 0 Å². The molecule has 3 heteroatoms. The van der Waals surface area contributed by atoms with Gasteiger partial charge in [-0.25, -0.2) is 0 Å². The van der Waals surface area contributed by atoms with Crippen molar-refractivity contribution in [3.05, 3.63) is 35.4 Å². The summed E-state index contributed by atoms with van der Waals surface area (Å²) in [6, 6.07) is 10.8. The monoisotopic (exact) mass is 271 g/mol. The Labute approximate surface area is 122 Å². The smallest absolute Gasteiger partial charge is 0.0995 e. The van der Waals surface area contributed by atoms with Crippen molar-refractivity contribution >= 4 is 0 Å². The van der Waals surface area contributed by atoms with E-state index in [1.165, 1.54) is 12.8 Å². The predicted octanol–water partition coefficient (Wildman–Crippen LogP) is 2.77. The first kappa shape index (κ1) is 15.0. The van der Waals surface area contributed by atoms with Crippen molar-refractivity contribution in [1.82, 2.24) is 10.2 Å². The van der Waals surface area contributed by atoms with Crippen LogP contribution in [-0.2, 0) is 6.54 Å². The molecule has 0 radical (unpaired) electrons. The molecule has 1 aliphatic heterocycles. The molecule has 0 bridgehead atoms. The van der Waals surface area contributed by atoms with E-state index in [4.69, 9.17) is 5.26 Å². The molecule has 0 aromatic heterocycles. The molecule has 3 nitrogen and oxygen atoms in total. The number of hydrogen-bond acceptors (Lipinski definition) is 3. The lowest BCUT2D eigenvalue weighted by atomic mass is 9.96. The zero-order chi connectivity index (χ0) is 14.4. The molecule has 0 spiro atoms. The maximum Gasteiger partial charge on any atom is 0.0995 e. The number of likely N-dealkylation sites (tertiary alicyclic amines) is 1. The van der Waals surface area contributed by atoms with Gasteiger partial charge in [0, 0.05) is 12.6 Å². The van der Waals surface area contributed by atoms with Crippen molar-refractivity contribution < 1.29 is 0 Å². The van der Waals surface area contributed by atoms with Crippen molar-refractivity contribution in [2.75, 3.05) is 19.6 Å². The lowest BCUT2D eigenvalue weighted by Gasteiger charge is -2.32. The Bertz CT molecular complexity index is 454. The highest BCUT2D eigenvalue weighted by molar-refractivity contribution is 5.37. The summed E-state index contributed by atoms with van der Waals surface area (Å²) in [4.78, 5) is 2.47. The molecule has 0 aliphatic carbocycles. The quantitative estimate of drug-likeness (QED) is 0.895. The fourth-order valence-corrected chi connectivity index (χ4v) is 2.76. The molecule has 108 valence electrons. The van der Waals surface area contributed by atoms with Crippen LogP contribution in [0.4, 0.5) is 0 Å². The van der Waals surface area contributed by atoms with Gasteiger partial charge in [0.2, 0.25) is 0 Å². The van der Waals surface area contributed by atoms with Crippen molar-refractivity contribution in [2.24, 2.45) is 5.92 Å². The molecule has 1 aromatic rings. The number of benzene rings is 1. The van der Waals surface area contributed by atoms with Crippen LogP contribution >= 0.6 is 0 Å². The Morgan fingerprint density at radius 1 is 1.30 bits per heavy atom. The summed E-state index contributed by atoms with van der Waals surface area (Å²) in [5.74, 6) is 0.805. The van der Waals surface area contributed by atoms with Gasteiger partial charge in [0.05, 0.1) is 11.6 Å². The molecular formula is C17H25N3. The molecule has 20 heavy (non-hydrogen) atoms. The third-order valence-electron chi connectivity index (χ3n) is 4.05. The van der Waals surface area contributed by atoms with Crippen molar-refractivity contribution in [1.29, 1.82) is 5.26 Å². The fourth-order valence-electron chi connectivity index (χ4n) is 2.76. The van der Waals surface area contributed by atoms with Gasteiger partial charge in [-0.1, -0.05) is 32.0 Å². The third kappa shape index (κ3) is 4.33. The number of nitrogens with one attached hydrogen (secondary N) is 1. The highest BCUT2D eigenvalue weighted by Crippen LogP contribution is 2.19. The van der Waals surface area contributed by atoms with Gasteiger partial charge in [-0.05, 0) is 50.0 Å². The largest absolute Gasteiger partial charge is 0.314 e. The predicted molar refractivity (Wildman–Crippen MR) is 82.3 cm³/mol. The zero-order valence-corrected chi connectivity index (χ0v) is 12.6. The third-order valence-corrected chi connectivity index (χ3v) is 4.05. The van der Waals surface area contributed by atoms with Crippen molar-refractivity contribution in [2.45, 2.75) is 39.3 Å². The molecule has 1 aromatic carbocycles. The highest BCUT2D eigenvalue weighted by atomic mass is 15.1. The first-order valence-corrected chi connectivity index (χ1v) is 7.62. The highest BCUT2D eigenvalue weighted by Gasteiger charge is 2.19. The molecule has 2 rings (SSSR count). The minimum Gasteiger partial charge on any atom is -0.314 e. The first-order valence-electron chi connectivity index (χ1n) is 7.62. The van der Waals surface area contributed by atoms with Crippen LogP contribution in [0.1, 0.15) is 37.8 Å². The van der Waals surface area contributed by atoms with Crippen LogP contribution in [-0.4, -0.2) is 30.6 Å². The molecule has 0 unspecified atom stereocenters. The van der Waals surface area contributed by atoms with E-state index in [0.29, 0.717) is 6.04 Å². The van der Waals surface area contributed by atoms with E-state index in [0.717, 1.165) is 43.2 Å². The maximum absolute atomic E-state index is 9.14. The summed E-state index contributed by atoms with van der Waals surface area (Å²) < 4.78 is 0. The van der Waals surface area contributed by atoms with Gasteiger partial charge < -0.3 is 5.32 Å². The molecule has 0 amide bonds. The van der Waals surface area contributed by atoms with Gasteiger partial charge in [0.15, 0.2) is 0 Å². The second-order valence-corrected chi connectivity index (χ2v) is 6.05. The second-order valence-electron chi connectivity index (χ2n) is 6.05. The van der Waals surface area contributed by atoms with E-state index in [9.17, 15) is 0 Å². The summed E-state index contributed by atoms with van der Waals surface area (Å²) in [6.07, 6.45) is 2.52. The summed E-state index contributed by atoms with van der Waals surface area (Å²) in [5, 5.41) is 12.7. The van der Waals surface area contributed by atoms with E-state index in [1.54, 1.807) is 0 Å². The molecule has 1 aliphatic rings. The standard InChI is InChI=1S/C17H25N3/c1-14(2)19-12-15-7-9-20(10-8-15)13-17-6-4-3-5-16(17)11-18/h3-6,14-15,19H,7-10,12-13H2,1-2H3. The Balaban J connectivity index is 1.81. The lowest BCUT2D eigenvalue weighted by Crippen LogP contribution is -2.38. The van der Waals surface area contributed by atoms with Crippen LogP contribution < -0.4 is 5.32 Å². The van der Waals surface area contributed by atoms with Gasteiger partial charge in [0.25, 0.3) is 0 Å². The van der Waals surface area contributed by atoms with E-state index >= 15 is 0 Å². The fraction of sp³-hybridized carbons (Fsp3) is 0.588. The summed E-state index contributed by atoms with van der Waals surface area (Å²) in [5.41, 5.74) is 1.98. The normalized spacial score (nSPS) is 17.3. The van der Waals surface area contributed by atoms with Crippen LogP contribution in [0.5, 0.6) is 0 Å². The Morgan fingerprint density at radius 3 is 2.65 bits per heavy atom. The van der Waals surface area contributed by atoms with Gasteiger partial charge in [-0.15, -0.1) is 0 Å². The average Bonchev–Trinajstić information content (AvgIpc) is 2.47. The van der Waals surface area contributed by atoms with E-state index in [1.807, 2.05) is 18.2 Å². The summed E-state index contributed by atoms with van der Waals surface area (Å²) in [7, 11) is 0. The minimum atomic E-state index is 0.579. The first-order chi connectivity index (χ1) is 9.69. The molecule has 1 fully saturated rings. The lowest BCUT2D eigenvalue weighted by molar-refractivity contribution is 0.174. The Kier molecular flexibility index (Phi) is 5.58. The van der Waals surface area contributed by atoms with Crippen molar-refractivity contribution in [3.8, 4) is 6.07 Å². The van der Waals surface area contributed by atoms with Gasteiger partial charge in [0.1, 0.15) is 0 Å². The van der Waals surface area contributed by atoms with Crippen LogP contribution in [0.3, 0.4) is 0 Å². The van der Waals surface area contributed by atoms with Crippen LogP contribution in [0, 0.1) is 17.2 Å². The zero-order valence-electron chi connectivity index (χ0n) is 12.6. The topological polar surface area (TPSA) is 39.1 Å². The number of nitrogens with zero attached hydrogens (tertiary/aromatic N) is 2. The van der Waals surface area contributed by atoms with E-state index < -0.39 is 0 Å². The van der Waals surface area contributed by atoms with E-state index in [2.05, 4.69) is 36.2 Å². The number of piperidine rings is 1. The van der Waals surface area contributed by atoms with Gasteiger partial charge in [-0.3, -0.25) is 4.90 Å². The minimum absolute atomic E-state index is 0.579. The Morgan fingerprint density at radius 2 is 2.00 bits per heavy atom. The van der Waals surface area contributed by atoms with Gasteiger partial charge in [-0.2, -0.15) is 5.26 Å². The molecule has 1 saturated heterocycles.